The smallest absolute Gasteiger partial charge is 0.120 e. The van der Waals surface area contributed by atoms with E-state index in [0.29, 0.717) is 12.7 Å². The molecule has 2 nitrogen and oxygen atoms in total. The molecule has 0 saturated carbocycles. The van der Waals surface area contributed by atoms with Gasteiger partial charge in [-0.1, -0.05) is 23.7 Å². The summed E-state index contributed by atoms with van der Waals surface area (Å²) >= 11 is 5.92. The van der Waals surface area contributed by atoms with Crippen molar-refractivity contribution in [3.63, 3.8) is 0 Å². The standard InChI is InChI=1S/C13H11ClO2/c14-11-3-1-10-6-12(4-2-9(10)5-11)15-7-13-8-16-13/h1-6,13H,7-8H2. The molecule has 2 aromatic rings. The highest BCUT2D eigenvalue weighted by Gasteiger charge is 2.22. The van der Waals surface area contributed by atoms with Crippen LogP contribution in [0.4, 0.5) is 0 Å². The van der Waals surface area contributed by atoms with Crippen molar-refractivity contribution in [2.75, 3.05) is 13.2 Å². The number of rotatable bonds is 3. The third-order valence-electron chi connectivity index (χ3n) is 2.61. The zero-order chi connectivity index (χ0) is 11.0. The van der Waals surface area contributed by atoms with Gasteiger partial charge in [0.05, 0.1) is 6.61 Å². The predicted molar refractivity (Wildman–Crippen MR) is 64.2 cm³/mol. The molecule has 1 aliphatic rings. The van der Waals surface area contributed by atoms with Crippen molar-refractivity contribution in [2.24, 2.45) is 0 Å². The fourth-order valence-corrected chi connectivity index (χ4v) is 1.82. The summed E-state index contributed by atoms with van der Waals surface area (Å²) in [5, 5.41) is 3.02. The molecule has 0 bridgehead atoms. The van der Waals surface area contributed by atoms with Crippen LogP contribution < -0.4 is 4.74 Å². The lowest BCUT2D eigenvalue weighted by Gasteiger charge is -2.05. The number of hydrogen-bond acceptors (Lipinski definition) is 2. The van der Waals surface area contributed by atoms with Crippen molar-refractivity contribution in [2.45, 2.75) is 6.10 Å². The van der Waals surface area contributed by atoms with E-state index in [2.05, 4.69) is 0 Å². The fourth-order valence-electron chi connectivity index (χ4n) is 1.64. The topological polar surface area (TPSA) is 21.8 Å². The molecule has 82 valence electrons. The molecule has 3 heteroatoms. The fraction of sp³-hybridized carbons (Fsp3) is 0.231. The third kappa shape index (κ3) is 2.13. The molecule has 1 saturated heterocycles. The molecule has 1 unspecified atom stereocenters. The molecule has 0 spiro atoms. The first-order valence-electron chi connectivity index (χ1n) is 5.25. The van der Waals surface area contributed by atoms with E-state index in [-0.39, 0.29) is 0 Å². The van der Waals surface area contributed by atoms with Crippen molar-refractivity contribution < 1.29 is 9.47 Å². The SMILES string of the molecule is Clc1ccc2cc(OCC3CO3)ccc2c1. The summed E-state index contributed by atoms with van der Waals surface area (Å²) in [7, 11) is 0. The first kappa shape index (κ1) is 9.94. The molecular weight excluding hydrogens is 224 g/mol. The van der Waals surface area contributed by atoms with Crippen LogP contribution in [0.25, 0.3) is 10.8 Å². The quantitative estimate of drug-likeness (QED) is 0.761. The van der Waals surface area contributed by atoms with Crippen LogP contribution >= 0.6 is 11.6 Å². The number of benzene rings is 2. The highest BCUT2D eigenvalue weighted by molar-refractivity contribution is 6.31. The van der Waals surface area contributed by atoms with Gasteiger partial charge in [0.25, 0.3) is 0 Å². The van der Waals surface area contributed by atoms with Crippen molar-refractivity contribution >= 4 is 22.4 Å². The van der Waals surface area contributed by atoms with Crippen LogP contribution in [0.1, 0.15) is 0 Å². The number of halogens is 1. The number of epoxide rings is 1. The molecule has 1 heterocycles. The molecule has 0 radical (unpaired) electrons. The lowest BCUT2D eigenvalue weighted by atomic mass is 10.1. The summed E-state index contributed by atoms with van der Waals surface area (Å²) < 4.78 is 10.7. The lowest BCUT2D eigenvalue weighted by Crippen LogP contribution is -2.03. The minimum Gasteiger partial charge on any atom is -0.491 e. The second kappa shape index (κ2) is 3.96. The summed E-state index contributed by atoms with van der Waals surface area (Å²) in [5.74, 6) is 0.880. The van der Waals surface area contributed by atoms with Crippen LogP contribution in [0.3, 0.4) is 0 Å². The van der Waals surface area contributed by atoms with Gasteiger partial charge in [0.1, 0.15) is 18.5 Å². The van der Waals surface area contributed by atoms with Crippen molar-refractivity contribution in [3.05, 3.63) is 41.4 Å². The lowest BCUT2D eigenvalue weighted by molar-refractivity contribution is 0.263. The second-order valence-corrected chi connectivity index (χ2v) is 4.36. The Bertz CT molecular complexity index is 520. The Morgan fingerprint density at radius 3 is 2.75 bits per heavy atom. The molecule has 1 atom stereocenters. The van der Waals surface area contributed by atoms with E-state index in [0.717, 1.165) is 28.2 Å². The van der Waals surface area contributed by atoms with Gasteiger partial charge >= 0.3 is 0 Å². The van der Waals surface area contributed by atoms with Gasteiger partial charge < -0.3 is 9.47 Å². The summed E-state index contributed by atoms with van der Waals surface area (Å²) in [5.41, 5.74) is 0. The van der Waals surface area contributed by atoms with Crippen LogP contribution in [0, 0.1) is 0 Å². The molecule has 1 fully saturated rings. The highest BCUT2D eigenvalue weighted by atomic mass is 35.5. The molecule has 1 aliphatic heterocycles. The molecular formula is C13H11ClO2. The highest BCUT2D eigenvalue weighted by Crippen LogP contribution is 2.24. The van der Waals surface area contributed by atoms with Crippen LogP contribution in [-0.4, -0.2) is 19.3 Å². The molecule has 2 aromatic carbocycles. The number of hydrogen-bond donors (Lipinski definition) is 0. The Morgan fingerprint density at radius 2 is 1.94 bits per heavy atom. The molecule has 16 heavy (non-hydrogen) atoms. The van der Waals surface area contributed by atoms with Crippen LogP contribution in [0.2, 0.25) is 5.02 Å². The average molecular weight is 235 g/mol. The van der Waals surface area contributed by atoms with E-state index in [1.807, 2.05) is 36.4 Å². The minimum atomic E-state index is 0.293. The summed E-state index contributed by atoms with van der Waals surface area (Å²) in [6.45, 7) is 1.46. The second-order valence-electron chi connectivity index (χ2n) is 3.92. The van der Waals surface area contributed by atoms with Crippen LogP contribution in [-0.2, 0) is 4.74 Å². The number of fused-ring (bicyclic) bond motifs is 1. The van der Waals surface area contributed by atoms with E-state index in [1.54, 1.807) is 0 Å². The molecule has 0 N–H and O–H groups in total. The normalized spacial score (nSPS) is 18.7. The summed E-state index contributed by atoms with van der Waals surface area (Å²) in [4.78, 5) is 0. The number of ether oxygens (including phenoxy) is 2. The van der Waals surface area contributed by atoms with Gasteiger partial charge in [-0.05, 0) is 35.0 Å². The molecule has 0 aliphatic carbocycles. The van der Waals surface area contributed by atoms with Gasteiger partial charge in [-0.25, -0.2) is 0 Å². The maximum absolute atomic E-state index is 5.92. The Kier molecular flexibility index (Phi) is 2.46. The summed E-state index contributed by atoms with van der Waals surface area (Å²) in [6.07, 6.45) is 0.293. The van der Waals surface area contributed by atoms with Crippen molar-refractivity contribution in [1.29, 1.82) is 0 Å². The Morgan fingerprint density at radius 1 is 1.19 bits per heavy atom. The van der Waals surface area contributed by atoms with E-state index in [4.69, 9.17) is 21.1 Å². The third-order valence-corrected chi connectivity index (χ3v) is 2.85. The monoisotopic (exact) mass is 234 g/mol. The van der Waals surface area contributed by atoms with Gasteiger partial charge in [-0.2, -0.15) is 0 Å². The van der Waals surface area contributed by atoms with Gasteiger partial charge in [0.2, 0.25) is 0 Å². The maximum Gasteiger partial charge on any atom is 0.120 e. The zero-order valence-corrected chi connectivity index (χ0v) is 9.41. The van der Waals surface area contributed by atoms with E-state index < -0.39 is 0 Å². The van der Waals surface area contributed by atoms with E-state index >= 15 is 0 Å². The van der Waals surface area contributed by atoms with Gasteiger partial charge in [0.15, 0.2) is 0 Å². The predicted octanol–water partition coefficient (Wildman–Crippen LogP) is 3.27. The first-order chi connectivity index (χ1) is 7.81. The summed E-state index contributed by atoms with van der Waals surface area (Å²) in [6, 6.07) is 11.8. The minimum absolute atomic E-state index is 0.293. The maximum atomic E-state index is 5.92. The Labute approximate surface area is 98.7 Å². The Balaban J connectivity index is 1.86. The van der Waals surface area contributed by atoms with Gasteiger partial charge in [-0.3, -0.25) is 0 Å². The van der Waals surface area contributed by atoms with Crippen molar-refractivity contribution in [1.82, 2.24) is 0 Å². The zero-order valence-electron chi connectivity index (χ0n) is 8.65. The molecule has 3 rings (SSSR count). The van der Waals surface area contributed by atoms with Crippen molar-refractivity contribution in [3.8, 4) is 5.75 Å². The molecule has 0 amide bonds. The van der Waals surface area contributed by atoms with Gasteiger partial charge in [0, 0.05) is 5.02 Å². The van der Waals surface area contributed by atoms with E-state index in [9.17, 15) is 0 Å². The largest absolute Gasteiger partial charge is 0.491 e. The van der Waals surface area contributed by atoms with E-state index in [1.165, 1.54) is 0 Å². The van der Waals surface area contributed by atoms with Gasteiger partial charge in [-0.15, -0.1) is 0 Å². The van der Waals surface area contributed by atoms with Crippen LogP contribution in [0.15, 0.2) is 36.4 Å². The molecule has 0 aromatic heterocycles. The Hall–Kier alpha value is -1.25. The first-order valence-corrected chi connectivity index (χ1v) is 5.63. The van der Waals surface area contributed by atoms with Crippen LogP contribution in [0.5, 0.6) is 5.75 Å². The average Bonchev–Trinajstić information content (AvgIpc) is 3.10.